The molecule has 2 aromatic heterocycles. The van der Waals surface area contributed by atoms with Gasteiger partial charge in [0.25, 0.3) is 0 Å². The number of aromatic nitrogens is 1. The molecule has 0 aliphatic carbocycles. The van der Waals surface area contributed by atoms with Gasteiger partial charge in [-0.05, 0) is 79.6 Å². The van der Waals surface area contributed by atoms with E-state index in [0.717, 1.165) is 22.3 Å². The lowest BCUT2D eigenvalue weighted by Gasteiger charge is -2.07. The molecule has 2 heterocycles. The molecule has 7 heteroatoms. The zero-order valence-electron chi connectivity index (χ0n) is 18.9. The van der Waals surface area contributed by atoms with Crippen molar-refractivity contribution in [1.82, 2.24) is 4.98 Å². The van der Waals surface area contributed by atoms with Crippen LogP contribution in [0.15, 0.2) is 81.6 Å². The molecule has 5 rings (SSSR count). The first-order valence-corrected chi connectivity index (χ1v) is 11.6. The quantitative estimate of drug-likeness (QED) is 0.245. The van der Waals surface area contributed by atoms with Crippen LogP contribution in [0.4, 0.5) is 5.69 Å². The summed E-state index contributed by atoms with van der Waals surface area (Å²) in [4.78, 5) is 17.1. The van der Waals surface area contributed by atoms with Gasteiger partial charge in [-0.25, -0.2) is 4.98 Å². The van der Waals surface area contributed by atoms with Crippen molar-refractivity contribution in [3.05, 3.63) is 99.7 Å². The number of nitrogens with one attached hydrogen (secondary N) is 1. The number of oxazole rings is 1. The zero-order chi connectivity index (χ0) is 24.5. The maximum Gasteiger partial charge on any atom is 0.248 e. The van der Waals surface area contributed by atoms with E-state index in [0.29, 0.717) is 44.2 Å². The molecule has 1 amide bonds. The summed E-state index contributed by atoms with van der Waals surface area (Å²) in [5.41, 5.74) is 5.50. The molecule has 5 aromatic rings. The van der Waals surface area contributed by atoms with E-state index in [4.69, 9.17) is 32.0 Å². The Morgan fingerprint density at radius 1 is 0.886 bits per heavy atom. The lowest BCUT2D eigenvalue weighted by Crippen LogP contribution is -2.09. The maximum absolute atomic E-state index is 12.6. The fourth-order valence-electron chi connectivity index (χ4n) is 3.59. The van der Waals surface area contributed by atoms with Crippen LogP contribution in [0.1, 0.15) is 16.9 Å². The standard InChI is InChI=1S/C28H20Cl2N2O3/c1-16-3-5-18(13-22(16)30)25-11-8-21(34-25)9-12-27(33)31-23-14-19(6-4-17(23)2)28-32-24-15-20(29)7-10-26(24)35-28/h3-15H,1-2H3,(H,31,33). The predicted molar refractivity (Wildman–Crippen MR) is 141 cm³/mol. The summed E-state index contributed by atoms with van der Waals surface area (Å²) in [6.45, 7) is 3.86. The average Bonchev–Trinajstić information content (AvgIpc) is 3.48. The molecule has 0 saturated carbocycles. The number of hydrogen-bond acceptors (Lipinski definition) is 4. The molecule has 3 aromatic carbocycles. The molecule has 0 aliphatic heterocycles. The van der Waals surface area contributed by atoms with Gasteiger partial charge in [-0.15, -0.1) is 0 Å². The van der Waals surface area contributed by atoms with E-state index < -0.39 is 0 Å². The van der Waals surface area contributed by atoms with Crippen LogP contribution in [0.25, 0.3) is 40.0 Å². The number of rotatable bonds is 5. The number of fused-ring (bicyclic) bond motifs is 1. The van der Waals surface area contributed by atoms with Gasteiger partial charge in [-0.2, -0.15) is 0 Å². The number of hydrogen-bond donors (Lipinski definition) is 1. The van der Waals surface area contributed by atoms with Crippen molar-refractivity contribution in [3.8, 4) is 22.8 Å². The molecule has 35 heavy (non-hydrogen) atoms. The Labute approximate surface area is 212 Å². The highest BCUT2D eigenvalue weighted by Crippen LogP contribution is 2.30. The van der Waals surface area contributed by atoms with Gasteiger partial charge in [-0.3, -0.25) is 4.79 Å². The van der Waals surface area contributed by atoms with Crippen molar-refractivity contribution in [2.75, 3.05) is 5.32 Å². The first kappa shape index (κ1) is 23.0. The van der Waals surface area contributed by atoms with Gasteiger partial charge < -0.3 is 14.2 Å². The summed E-state index contributed by atoms with van der Waals surface area (Å²) >= 11 is 12.3. The maximum atomic E-state index is 12.6. The average molecular weight is 503 g/mol. The van der Waals surface area contributed by atoms with Gasteiger partial charge in [-0.1, -0.05) is 41.4 Å². The Hall–Kier alpha value is -3.80. The Bertz CT molecular complexity index is 1600. The van der Waals surface area contributed by atoms with Crippen molar-refractivity contribution in [2.24, 2.45) is 0 Å². The SMILES string of the molecule is Cc1ccc(-c2ccc(C=CC(=O)Nc3cc(-c4nc5cc(Cl)ccc5o4)ccc3C)o2)cc1Cl. The van der Waals surface area contributed by atoms with Gasteiger partial charge in [0.2, 0.25) is 11.8 Å². The summed E-state index contributed by atoms with van der Waals surface area (Å²) in [5.74, 6) is 1.40. The van der Waals surface area contributed by atoms with E-state index in [1.165, 1.54) is 6.08 Å². The lowest BCUT2D eigenvalue weighted by molar-refractivity contribution is -0.111. The Morgan fingerprint density at radius 2 is 1.69 bits per heavy atom. The molecule has 0 fully saturated rings. The Balaban J connectivity index is 1.31. The second-order valence-electron chi connectivity index (χ2n) is 8.15. The zero-order valence-corrected chi connectivity index (χ0v) is 20.4. The van der Waals surface area contributed by atoms with Gasteiger partial charge >= 0.3 is 0 Å². The van der Waals surface area contributed by atoms with Gasteiger partial charge in [0.05, 0.1) is 0 Å². The molecule has 174 valence electrons. The smallest absolute Gasteiger partial charge is 0.248 e. The van der Waals surface area contributed by atoms with Crippen LogP contribution >= 0.6 is 23.2 Å². The summed E-state index contributed by atoms with van der Waals surface area (Å²) in [6, 6.07) is 20.3. The number of nitrogens with zero attached hydrogens (tertiary/aromatic N) is 1. The second kappa shape index (κ2) is 9.45. The number of halogens is 2. The molecule has 0 aliphatic rings. The number of amides is 1. The number of carbonyl (C=O) groups is 1. The lowest BCUT2D eigenvalue weighted by atomic mass is 10.1. The van der Waals surface area contributed by atoms with E-state index >= 15 is 0 Å². The normalized spacial score (nSPS) is 11.4. The topological polar surface area (TPSA) is 68.3 Å². The number of furan rings is 1. The molecule has 5 nitrogen and oxygen atoms in total. The molecule has 1 N–H and O–H groups in total. The van der Waals surface area contributed by atoms with Crippen LogP contribution in [0, 0.1) is 13.8 Å². The minimum absolute atomic E-state index is 0.286. The highest BCUT2D eigenvalue weighted by Gasteiger charge is 2.12. The molecule has 0 bridgehead atoms. The second-order valence-corrected chi connectivity index (χ2v) is 8.99. The van der Waals surface area contributed by atoms with Crippen LogP contribution in [0.2, 0.25) is 10.0 Å². The van der Waals surface area contributed by atoms with E-state index in [2.05, 4.69) is 10.3 Å². The van der Waals surface area contributed by atoms with E-state index in [1.807, 2.05) is 56.3 Å². The molecule has 0 unspecified atom stereocenters. The molecule has 0 saturated heterocycles. The van der Waals surface area contributed by atoms with E-state index in [-0.39, 0.29) is 5.91 Å². The Morgan fingerprint density at radius 3 is 2.51 bits per heavy atom. The van der Waals surface area contributed by atoms with Gasteiger partial charge in [0, 0.05) is 32.9 Å². The van der Waals surface area contributed by atoms with Crippen LogP contribution in [0.3, 0.4) is 0 Å². The molecule has 0 radical (unpaired) electrons. The third-order valence-corrected chi connectivity index (χ3v) is 6.22. The van der Waals surface area contributed by atoms with Crippen LogP contribution in [0.5, 0.6) is 0 Å². The molecular weight excluding hydrogens is 483 g/mol. The van der Waals surface area contributed by atoms with Crippen molar-refractivity contribution < 1.29 is 13.6 Å². The number of aryl methyl sites for hydroxylation is 2. The molecular formula is C28H20Cl2N2O3. The summed E-state index contributed by atoms with van der Waals surface area (Å²) in [7, 11) is 0. The van der Waals surface area contributed by atoms with Crippen LogP contribution in [-0.4, -0.2) is 10.9 Å². The Kier molecular flexibility index (Phi) is 6.20. The largest absolute Gasteiger partial charge is 0.457 e. The van der Waals surface area contributed by atoms with E-state index in [1.54, 1.807) is 30.3 Å². The monoisotopic (exact) mass is 502 g/mol. The molecule has 0 spiro atoms. The first-order chi connectivity index (χ1) is 16.9. The highest BCUT2D eigenvalue weighted by atomic mass is 35.5. The minimum Gasteiger partial charge on any atom is -0.457 e. The summed E-state index contributed by atoms with van der Waals surface area (Å²) in [5, 5.41) is 4.18. The predicted octanol–water partition coefficient (Wildman–Crippen LogP) is 8.33. The third kappa shape index (κ3) is 5.02. The van der Waals surface area contributed by atoms with Crippen LogP contribution < -0.4 is 5.32 Å². The van der Waals surface area contributed by atoms with E-state index in [9.17, 15) is 4.79 Å². The third-order valence-electron chi connectivity index (χ3n) is 5.57. The first-order valence-electron chi connectivity index (χ1n) is 10.9. The number of benzene rings is 3. The van der Waals surface area contributed by atoms with Gasteiger partial charge in [0.1, 0.15) is 17.0 Å². The number of anilines is 1. The van der Waals surface area contributed by atoms with Crippen molar-refractivity contribution in [2.45, 2.75) is 13.8 Å². The minimum atomic E-state index is -0.286. The highest BCUT2D eigenvalue weighted by molar-refractivity contribution is 6.31. The summed E-state index contributed by atoms with van der Waals surface area (Å²) in [6.07, 6.45) is 3.05. The van der Waals surface area contributed by atoms with Crippen LogP contribution in [-0.2, 0) is 4.79 Å². The number of carbonyl (C=O) groups excluding carboxylic acids is 1. The van der Waals surface area contributed by atoms with Gasteiger partial charge in [0.15, 0.2) is 5.58 Å². The fraction of sp³-hybridized carbons (Fsp3) is 0.0714. The fourth-order valence-corrected chi connectivity index (χ4v) is 3.94. The molecule has 0 atom stereocenters. The van der Waals surface area contributed by atoms with Crippen molar-refractivity contribution >= 4 is 52.0 Å². The summed E-state index contributed by atoms with van der Waals surface area (Å²) < 4.78 is 11.7. The van der Waals surface area contributed by atoms with Crippen molar-refractivity contribution in [3.63, 3.8) is 0 Å². The van der Waals surface area contributed by atoms with Crippen molar-refractivity contribution in [1.29, 1.82) is 0 Å².